The summed E-state index contributed by atoms with van der Waals surface area (Å²) in [5.74, 6) is 0.411. The maximum absolute atomic E-state index is 13.3. The third-order valence-corrected chi connectivity index (χ3v) is 6.69. The van der Waals surface area contributed by atoms with E-state index in [9.17, 15) is 14.4 Å². The minimum absolute atomic E-state index is 0.0617. The van der Waals surface area contributed by atoms with Gasteiger partial charge in [0.2, 0.25) is 0 Å². The van der Waals surface area contributed by atoms with Gasteiger partial charge in [-0.05, 0) is 11.1 Å². The van der Waals surface area contributed by atoms with Crippen LogP contribution in [-0.2, 0) is 40.3 Å². The minimum atomic E-state index is -0.472. The van der Waals surface area contributed by atoms with Crippen molar-refractivity contribution in [1.82, 2.24) is 23.6 Å². The molecule has 0 aliphatic heterocycles. The molecule has 38 heavy (non-hydrogen) atoms. The number of aromatic nitrogens is 4. The van der Waals surface area contributed by atoms with Gasteiger partial charge < -0.3 is 4.57 Å². The maximum atomic E-state index is 13.3. The van der Waals surface area contributed by atoms with Gasteiger partial charge in [-0.1, -0.05) is 91.0 Å². The zero-order valence-electron chi connectivity index (χ0n) is 21.4. The van der Waals surface area contributed by atoms with Gasteiger partial charge in [-0.2, -0.15) is 0 Å². The van der Waals surface area contributed by atoms with Crippen molar-refractivity contribution in [3.8, 4) is 0 Å². The molecule has 0 unspecified atom stereocenters. The topological polar surface area (TPSA) is 82.1 Å². The van der Waals surface area contributed by atoms with E-state index >= 15 is 0 Å². The Bertz CT molecular complexity index is 1650. The number of Topliss-reactive ketones (excluding diaryl/α,β-unsaturated/α-hetero) is 1. The van der Waals surface area contributed by atoms with Gasteiger partial charge in [0.25, 0.3) is 5.56 Å². The van der Waals surface area contributed by atoms with Crippen LogP contribution in [0.3, 0.4) is 0 Å². The van der Waals surface area contributed by atoms with E-state index in [1.807, 2.05) is 54.6 Å². The predicted octanol–water partition coefficient (Wildman–Crippen LogP) is 3.52. The molecular formula is C30H29N5O3. The monoisotopic (exact) mass is 507 g/mol. The van der Waals surface area contributed by atoms with Crippen LogP contribution in [0, 0.1) is 0 Å². The van der Waals surface area contributed by atoms with E-state index in [2.05, 4.69) is 29.2 Å². The molecule has 5 aromatic rings. The van der Waals surface area contributed by atoms with Gasteiger partial charge in [-0.3, -0.25) is 23.6 Å². The number of ketones is 1. The molecule has 3 aromatic carbocycles. The summed E-state index contributed by atoms with van der Waals surface area (Å²) >= 11 is 0. The first-order valence-electron chi connectivity index (χ1n) is 12.5. The van der Waals surface area contributed by atoms with E-state index in [4.69, 9.17) is 4.98 Å². The Morgan fingerprint density at radius 2 is 1.26 bits per heavy atom. The van der Waals surface area contributed by atoms with Crippen LogP contribution in [-0.4, -0.2) is 29.4 Å². The van der Waals surface area contributed by atoms with Crippen molar-refractivity contribution in [3.05, 3.63) is 134 Å². The molecule has 2 heterocycles. The van der Waals surface area contributed by atoms with E-state index in [0.717, 1.165) is 15.7 Å². The van der Waals surface area contributed by atoms with Crippen molar-refractivity contribution >= 4 is 16.9 Å². The zero-order valence-corrected chi connectivity index (χ0v) is 21.4. The van der Waals surface area contributed by atoms with E-state index in [0.29, 0.717) is 31.0 Å². The first-order chi connectivity index (χ1) is 18.4. The summed E-state index contributed by atoms with van der Waals surface area (Å²) in [6.07, 6.45) is 0. The Kier molecular flexibility index (Phi) is 7.15. The summed E-state index contributed by atoms with van der Waals surface area (Å²) in [6, 6.07) is 29.2. The van der Waals surface area contributed by atoms with E-state index in [-0.39, 0.29) is 23.5 Å². The average molecular weight is 508 g/mol. The standard InChI is InChI=1S/C30H29N5O3/c1-32-28-27(29(37)33(2)30(32)38)35(20-25(36)24-16-10-5-11-17-24)26(31-28)21-34(18-22-12-6-3-7-13-22)19-23-14-8-4-9-15-23/h3-17H,18-21H2,1-2H3. The summed E-state index contributed by atoms with van der Waals surface area (Å²) in [6.45, 7) is 1.59. The first kappa shape index (κ1) is 25.1. The summed E-state index contributed by atoms with van der Waals surface area (Å²) in [5.41, 5.74) is 2.40. The minimum Gasteiger partial charge on any atom is -0.313 e. The Morgan fingerprint density at radius 1 is 0.737 bits per heavy atom. The Balaban J connectivity index is 1.61. The van der Waals surface area contributed by atoms with Gasteiger partial charge in [-0.15, -0.1) is 0 Å². The van der Waals surface area contributed by atoms with Crippen molar-refractivity contribution < 1.29 is 4.79 Å². The molecule has 0 radical (unpaired) electrons. The van der Waals surface area contributed by atoms with E-state index < -0.39 is 11.2 Å². The zero-order chi connectivity index (χ0) is 26.6. The summed E-state index contributed by atoms with van der Waals surface area (Å²) in [7, 11) is 3.03. The van der Waals surface area contributed by atoms with Crippen molar-refractivity contribution in [3.63, 3.8) is 0 Å². The van der Waals surface area contributed by atoms with Crippen molar-refractivity contribution in [2.75, 3.05) is 0 Å². The molecule has 0 saturated heterocycles. The molecule has 0 N–H and O–H groups in total. The molecule has 192 valence electrons. The number of carbonyl (C=O) groups is 1. The quantitative estimate of drug-likeness (QED) is 0.285. The fraction of sp³-hybridized carbons (Fsp3) is 0.200. The highest BCUT2D eigenvalue weighted by atomic mass is 16.2. The third kappa shape index (κ3) is 5.12. The Labute approximate surface area is 220 Å². The van der Waals surface area contributed by atoms with Crippen molar-refractivity contribution in [2.24, 2.45) is 14.1 Å². The molecule has 5 rings (SSSR count). The second-order valence-electron chi connectivity index (χ2n) is 9.40. The average Bonchev–Trinajstić information content (AvgIpc) is 3.29. The number of nitrogens with zero attached hydrogens (tertiary/aromatic N) is 5. The first-order valence-corrected chi connectivity index (χ1v) is 12.5. The molecule has 0 fully saturated rings. The molecular weight excluding hydrogens is 478 g/mol. The van der Waals surface area contributed by atoms with Crippen LogP contribution in [0.15, 0.2) is 101 Å². The molecule has 0 saturated carbocycles. The van der Waals surface area contributed by atoms with Gasteiger partial charge in [0.05, 0.1) is 13.1 Å². The number of aryl methyl sites for hydroxylation is 1. The fourth-order valence-electron chi connectivity index (χ4n) is 4.69. The highest BCUT2D eigenvalue weighted by Crippen LogP contribution is 2.18. The second kappa shape index (κ2) is 10.8. The number of rotatable bonds is 9. The van der Waals surface area contributed by atoms with Crippen LogP contribution < -0.4 is 11.2 Å². The molecule has 0 spiro atoms. The smallest absolute Gasteiger partial charge is 0.313 e. The molecule has 8 nitrogen and oxygen atoms in total. The second-order valence-corrected chi connectivity index (χ2v) is 9.40. The lowest BCUT2D eigenvalue weighted by Gasteiger charge is -2.23. The Morgan fingerprint density at radius 3 is 1.82 bits per heavy atom. The number of hydrogen-bond donors (Lipinski definition) is 0. The van der Waals surface area contributed by atoms with Crippen LogP contribution >= 0.6 is 0 Å². The normalized spacial score (nSPS) is 11.3. The van der Waals surface area contributed by atoms with E-state index in [1.165, 1.54) is 11.6 Å². The summed E-state index contributed by atoms with van der Waals surface area (Å²) < 4.78 is 4.10. The lowest BCUT2D eigenvalue weighted by Crippen LogP contribution is -2.37. The lowest BCUT2D eigenvalue weighted by atomic mass is 10.1. The fourth-order valence-corrected chi connectivity index (χ4v) is 4.69. The highest BCUT2D eigenvalue weighted by molar-refractivity contribution is 5.96. The number of imidazole rings is 1. The Hall–Kier alpha value is -4.56. The molecule has 0 aliphatic carbocycles. The molecule has 0 bridgehead atoms. The van der Waals surface area contributed by atoms with Gasteiger partial charge >= 0.3 is 5.69 Å². The molecule has 0 atom stereocenters. The highest BCUT2D eigenvalue weighted by Gasteiger charge is 2.23. The molecule has 0 amide bonds. The third-order valence-electron chi connectivity index (χ3n) is 6.69. The number of hydrogen-bond acceptors (Lipinski definition) is 5. The maximum Gasteiger partial charge on any atom is 0.332 e. The van der Waals surface area contributed by atoms with Gasteiger partial charge in [0.1, 0.15) is 5.82 Å². The van der Waals surface area contributed by atoms with Gasteiger partial charge in [0.15, 0.2) is 16.9 Å². The molecule has 8 heteroatoms. The summed E-state index contributed by atoms with van der Waals surface area (Å²) in [5, 5.41) is 0. The van der Waals surface area contributed by atoms with Crippen molar-refractivity contribution in [1.29, 1.82) is 0 Å². The molecule has 0 aliphatic rings. The van der Waals surface area contributed by atoms with Crippen LogP contribution in [0.4, 0.5) is 0 Å². The van der Waals surface area contributed by atoms with Crippen molar-refractivity contribution in [2.45, 2.75) is 26.2 Å². The summed E-state index contributed by atoms with van der Waals surface area (Å²) in [4.78, 5) is 46.2. The lowest BCUT2D eigenvalue weighted by molar-refractivity contribution is 0.0970. The number of fused-ring (bicyclic) bond motifs is 1. The SMILES string of the molecule is Cn1c(=O)c2c(nc(CN(Cc3ccccc3)Cc3ccccc3)n2CC(=O)c2ccccc2)n(C)c1=O. The van der Waals surface area contributed by atoms with Crippen LogP contribution in [0.2, 0.25) is 0 Å². The molecule has 2 aromatic heterocycles. The van der Waals surface area contributed by atoms with Gasteiger partial charge in [0, 0.05) is 32.7 Å². The van der Waals surface area contributed by atoms with Crippen LogP contribution in [0.25, 0.3) is 11.2 Å². The number of benzene rings is 3. The number of carbonyl (C=O) groups excluding carboxylic acids is 1. The van der Waals surface area contributed by atoms with Gasteiger partial charge in [-0.25, -0.2) is 9.78 Å². The van der Waals surface area contributed by atoms with Crippen LogP contribution in [0.1, 0.15) is 27.3 Å². The largest absolute Gasteiger partial charge is 0.332 e. The van der Waals surface area contributed by atoms with E-state index in [1.54, 1.807) is 23.7 Å². The van der Waals surface area contributed by atoms with Crippen LogP contribution in [0.5, 0.6) is 0 Å². The predicted molar refractivity (Wildman–Crippen MR) is 147 cm³/mol.